The van der Waals surface area contributed by atoms with E-state index in [1.54, 1.807) is 23.6 Å². The molecule has 2 heterocycles. The molecule has 0 saturated carbocycles. The first kappa shape index (κ1) is 24.3. The monoisotopic (exact) mass is 504 g/mol. The van der Waals surface area contributed by atoms with Gasteiger partial charge in [0.25, 0.3) is 0 Å². The number of aryl methyl sites for hydroxylation is 1. The van der Waals surface area contributed by atoms with Crippen LogP contribution in [0, 0.1) is 18.3 Å². The van der Waals surface area contributed by atoms with Crippen LogP contribution in [0.3, 0.4) is 0 Å². The topological polar surface area (TPSA) is 88.2 Å². The normalized spacial score (nSPS) is 14.1. The summed E-state index contributed by atoms with van der Waals surface area (Å²) in [7, 11) is 1.79. The molecule has 0 spiro atoms. The maximum Gasteiger partial charge on any atom is 0.331 e. The van der Waals surface area contributed by atoms with E-state index in [-0.39, 0.29) is 5.57 Å². The summed E-state index contributed by atoms with van der Waals surface area (Å²) in [6, 6.07) is 19.3. The standard InChI is InChI=1S/C26H21ClN4O3S/c1-17-19(25(27)31(29-17)15-18-8-4-3-5-9-18)12-13-24(33)34-16-22(32)20(14-28)26-30(2)21-10-6-7-11-23(21)35-26/h3-13H,15-16H2,1-2H3/b13-12+,26-20+. The average molecular weight is 505 g/mol. The number of rotatable bonds is 7. The molecule has 0 saturated heterocycles. The van der Waals surface area contributed by atoms with Crippen molar-refractivity contribution >= 4 is 46.9 Å². The first-order valence-corrected chi connectivity index (χ1v) is 11.9. The van der Waals surface area contributed by atoms with E-state index in [1.165, 1.54) is 23.9 Å². The zero-order valence-electron chi connectivity index (χ0n) is 19.1. The number of benzene rings is 2. The van der Waals surface area contributed by atoms with Crippen LogP contribution in [0.5, 0.6) is 0 Å². The predicted octanol–water partition coefficient (Wildman–Crippen LogP) is 5.00. The minimum Gasteiger partial charge on any atom is -0.454 e. The van der Waals surface area contributed by atoms with Gasteiger partial charge in [-0.05, 0) is 30.7 Å². The number of halogens is 1. The highest BCUT2D eigenvalue weighted by molar-refractivity contribution is 8.03. The molecule has 0 bridgehead atoms. The number of carbonyl (C=O) groups excluding carboxylic acids is 2. The van der Waals surface area contributed by atoms with Gasteiger partial charge in [0.1, 0.15) is 21.8 Å². The largest absolute Gasteiger partial charge is 0.454 e. The quantitative estimate of drug-likeness (QED) is 0.254. The zero-order valence-corrected chi connectivity index (χ0v) is 20.6. The third-order valence-electron chi connectivity index (χ3n) is 5.36. The van der Waals surface area contributed by atoms with Gasteiger partial charge in [0, 0.05) is 23.6 Å². The van der Waals surface area contributed by atoms with Crippen LogP contribution in [0.15, 0.2) is 76.2 Å². The highest BCUT2D eigenvalue weighted by Crippen LogP contribution is 2.46. The summed E-state index contributed by atoms with van der Waals surface area (Å²) in [5, 5.41) is 14.9. The first-order valence-electron chi connectivity index (χ1n) is 10.7. The molecule has 0 unspecified atom stereocenters. The SMILES string of the molecule is Cc1nn(Cc2ccccc2)c(Cl)c1/C=C/C(=O)OCC(=O)/C(C#N)=C1/Sc2ccccc2N1C. The maximum atomic E-state index is 12.7. The van der Waals surface area contributed by atoms with E-state index in [1.807, 2.05) is 60.7 Å². The molecule has 0 atom stereocenters. The minimum atomic E-state index is -0.720. The van der Waals surface area contributed by atoms with Crippen molar-refractivity contribution < 1.29 is 14.3 Å². The summed E-state index contributed by atoms with van der Waals surface area (Å²) >= 11 is 7.81. The molecular weight excluding hydrogens is 484 g/mol. The number of hydrogen-bond donors (Lipinski definition) is 0. The summed E-state index contributed by atoms with van der Waals surface area (Å²) in [6.45, 7) is 1.75. The second-order valence-corrected chi connectivity index (χ2v) is 9.11. The Bertz CT molecular complexity index is 1390. The lowest BCUT2D eigenvalue weighted by Crippen LogP contribution is -2.19. The summed E-state index contributed by atoms with van der Waals surface area (Å²) in [4.78, 5) is 27.7. The Morgan fingerprint density at radius 3 is 2.60 bits per heavy atom. The molecule has 0 amide bonds. The second kappa shape index (κ2) is 10.6. The second-order valence-electron chi connectivity index (χ2n) is 7.72. The van der Waals surface area contributed by atoms with E-state index in [0.717, 1.165) is 16.1 Å². The predicted molar refractivity (Wildman–Crippen MR) is 136 cm³/mol. The Kier molecular flexibility index (Phi) is 7.39. The molecule has 4 rings (SSSR count). The Labute approximate surface area is 212 Å². The highest BCUT2D eigenvalue weighted by atomic mass is 35.5. The van der Waals surface area contributed by atoms with E-state index >= 15 is 0 Å². The van der Waals surface area contributed by atoms with Gasteiger partial charge in [0.2, 0.25) is 5.78 Å². The molecule has 2 aromatic carbocycles. The van der Waals surface area contributed by atoms with Crippen LogP contribution >= 0.6 is 23.4 Å². The third-order valence-corrected chi connectivity index (χ3v) is 6.99. The van der Waals surface area contributed by atoms with E-state index in [4.69, 9.17) is 16.3 Å². The number of thioether (sulfide) groups is 1. The van der Waals surface area contributed by atoms with Crippen molar-refractivity contribution in [2.75, 3.05) is 18.6 Å². The van der Waals surface area contributed by atoms with Crippen molar-refractivity contribution in [3.8, 4) is 6.07 Å². The van der Waals surface area contributed by atoms with Gasteiger partial charge in [-0.1, -0.05) is 65.8 Å². The molecule has 1 aromatic heterocycles. The van der Waals surface area contributed by atoms with Crippen LogP contribution < -0.4 is 4.90 Å². The van der Waals surface area contributed by atoms with Gasteiger partial charge in [-0.3, -0.25) is 4.79 Å². The molecule has 1 aliphatic heterocycles. The fourth-order valence-corrected chi connectivity index (χ4v) is 5.04. The molecule has 35 heavy (non-hydrogen) atoms. The molecule has 0 N–H and O–H groups in total. The Balaban J connectivity index is 1.40. The van der Waals surface area contributed by atoms with Gasteiger partial charge in [-0.25, -0.2) is 9.48 Å². The van der Waals surface area contributed by atoms with Crippen molar-refractivity contribution in [3.63, 3.8) is 0 Å². The van der Waals surface area contributed by atoms with E-state index in [0.29, 0.717) is 28.0 Å². The van der Waals surface area contributed by atoms with Crippen LogP contribution in [0.25, 0.3) is 6.08 Å². The minimum absolute atomic E-state index is 0.0495. The molecular formula is C26H21ClN4O3S. The summed E-state index contributed by atoms with van der Waals surface area (Å²) in [5.74, 6) is -1.29. The fraction of sp³-hybridized carbons (Fsp3) is 0.154. The van der Waals surface area contributed by atoms with Gasteiger partial charge >= 0.3 is 5.97 Å². The van der Waals surface area contributed by atoms with Gasteiger partial charge in [0.15, 0.2) is 6.61 Å². The van der Waals surface area contributed by atoms with E-state index < -0.39 is 18.4 Å². The first-order chi connectivity index (χ1) is 16.9. The summed E-state index contributed by atoms with van der Waals surface area (Å²) in [6.07, 6.45) is 2.71. The van der Waals surface area contributed by atoms with Gasteiger partial charge in [-0.2, -0.15) is 10.4 Å². The van der Waals surface area contributed by atoms with Gasteiger partial charge in [-0.15, -0.1) is 0 Å². The number of hydrogen-bond acceptors (Lipinski definition) is 7. The maximum absolute atomic E-state index is 12.7. The molecule has 7 nitrogen and oxygen atoms in total. The van der Waals surface area contributed by atoms with Crippen molar-refractivity contribution in [2.24, 2.45) is 0 Å². The number of fused-ring (bicyclic) bond motifs is 1. The van der Waals surface area contributed by atoms with Gasteiger partial charge < -0.3 is 9.64 Å². The zero-order chi connectivity index (χ0) is 24.9. The summed E-state index contributed by atoms with van der Waals surface area (Å²) < 4.78 is 6.76. The van der Waals surface area contributed by atoms with E-state index in [9.17, 15) is 14.9 Å². The molecule has 9 heteroatoms. The molecule has 0 fully saturated rings. The van der Waals surface area contributed by atoms with Crippen LogP contribution in [-0.2, 0) is 20.9 Å². The smallest absolute Gasteiger partial charge is 0.331 e. The number of nitrogens with zero attached hydrogens (tertiary/aromatic N) is 4. The fourth-order valence-electron chi connectivity index (χ4n) is 3.58. The van der Waals surface area contributed by atoms with Crippen molar-refractivity contribution in [2.45, 2.75) is 18.4 Å². The van der Waals surface area contributed by atoms with Gasteiger partial charge in [0.05, 0.1) is 17.9 Å². The molecule has 3 aromatic rings. The number of ether oxygens (including phenoxy) is 1. The third kappa shape index (κ3) is 5.32. The summed E-state index contributed by atoms with van der Waals surface area (Å²) in [5.41, 5.74) is 3.15. The number of aromatic nitrogens is 2. The van der Waals surface area contributed by atoms with Crippen LogP contribution in [0.2, 0.25) is 5.15 Å². The Morgan fingerprint density at radius 1 is 1.17 bits per heavy atom. The van der Waals surface area contributed by atoms with E-state index in [2.05, 4.69) is 5.10 Å². The van der Waals surface area contributed by atoms with Crippen LogP contribution in [0.1, 0.15) is 16.8 Å². The number of carbonyl (C=O) groups is 2. The molecule has 0 aliphatic carbocycles. The molecule has 176 valence electrons. The number of nitriles is 1. The Hall–Kier alpha value is -3.80. The lowest BCUT2D eigenvalue weighted by molar-refractivity contribution is -0.141. The lowest BCUT2D eigenvalue weighted by atomic mass is 10.2. The Morgan fingerprint density at radius 2 is 1.89 bits per heavy atom. The van der Waals surface area contributed by atoms with Crippen molar-refractivity contribution in [3.05, 3.63) is 93.2 Å². The van der Waals surface area contributed by atoms with Crippen LogP contribution in [-0.4, -0.2) is 35.2 Å². The molecule has 1 aliphatic rings. The average Bonchev–Trinajstić information content (AvgIpc) is 3.33. The molecule has 0 radical (unpaired) electrons. The van der Waals surface area contributed by atoms with Crippen LogP contribution in [0.4, 0.5) is 5.69 Å². The lowest BCUT2D eigenvalue weighted by Gasteiger charge is -2.14. The van der Waals surface area contributed by atoms with Crippen molar-refractivity contribution in [1.29, 1.82) is 5.26 Å². The number of anilines is 1. The van der Waals surface area contributed by atoms with Crippen molar-refractivity contribution in [1.82, 2.24) is 9.78 Å². The number of esters is 1. The number of Topliss-reactive ketones (excluding diaryl/α,β-unsaturated/α-hetero) is 1. The number of para-hydroxylation sites is 1. The number of ketones is 1. The highest BCUT2D eigenvalue weighted by Gasteiger charge is 2.28.